The molecule has 102 valence electrons. The second kappa shape index (κ2) is 4.92. The summed E-state index contributed by atoms with van der Waals surface area (Å²) in [5.41, 5.74) is 10.1. The number of oxime groups is 1. The summed E-state index contributed by atoms with van der Waals surface area (Å²) in [5, 5.41) is 12.7. The number of aryl methyl sites for hydroxylation is 1. The Morgan fingerprint density at radius 2 is 1.95 bits per heavy atom. The molecule has 0 fully saturated rings. The van der Waals surface area contributed by atoms with Gasteiger partial charge in [-0.1, -0.05) is 35.5 Å². The van der Waals surface area contributed by atoms with E-state index in [-0.39, 0.29) is 11.9 Å². The van der Waals surface area contributed by atoms with Gasteiger partial charge in [0.2, 0.25) is 5.95 Å². The van der Waals surface area contributed by atoms with Crippen LogP contribution in [0.3, 0.4) is 0 Å². The van der Waals surface area contributed by atoms with Crippen molar-refractivity contribution in [1.82, 2.24) is 9.97 Å². The zero-order chi connectivity index (χ0) is 14.1. The minimum Gasteiger partial charge on any atom is -0.411 e. The molecule has 0 radical (unpaired) electrons. The van der Waals surface area contributed by atoms with Crippen molar-refractivity contribution >= 4 is 11.7 Å². The van der Waals surface area contributed by atoms with Gasteiger partial charge in [-0.05, 0) is 24.8 Å². The third-order valence-corrected chi connectivity index (χ3v) is 3.74. The monoisotopic (exact) mass is 268 g/mol. The van der Waals surface area contributed by atoms with Gasteiger partial charge in [0.15, 0.2) is 0 Å². The molecule has 1 atom stereocenters. The van der Waals surface area contributed by atoms with E-state index in [2.05, 4.69) is 27.3 Å². The van der Waals surface area contributed by atoms with Gasteiger partial charge in [0.1, 0.15) is 0 Å². The van der Waals surface area contributed by atoms with Gasteiger partial charge in [-0.25, -0.2) is 9.97 Å². The molecule has 3 rings (SSSR count). The Hall–Kier alpha value is -2.43. The fourth-order valence-corrected chi connectivity index (χ4v) is 2.87. The lowest BCUT2D eigenvalue weighted by Gasteiger charge is -2.25. The van der Waals surface area contributed by atoms with Crippen LogP contribution in [0.5, 0.6) is 0 Å². The van der Waals surface area contributed by atoms with E-state index in [0.717, 1.165) is 23.4 Å². The average molecular weight is 268 g/mol. The van der Waals surface area contributed by atoms with Gasteiger partial charge >= 0.3 is 0 Å². The average Bonchev–Trinajstić information content (AvgIpc) is 2.46. The van der Waals surface area contributed by atoms with Crippen LogP contribution in [0.1, 0.15) is 34.9 Å². The first-order valence-electron chi connectivity index (χ1n) is 6.58. The third kappa shape index (κ3) is 2.11. The highest BCUT2D eigenvalue weighted by Gasteiger charge is 2.28. The van der Waals surface area contributed by atoms with E-state index >= 15 is 0 Å². The summed E-state index contributed by atoms with van der Waals surface area (Å²) >= 11 is 0. The number of nitrogens with two attached hydrogens (primary N) is 1. The van der Waals surface area contributed by atoms with Crippen LogP contribution < -0.4 is 5.73 Å². The Labute approximate surface area is 117 Å². The number of rotatable bonds is 1. The standard InChI is InChI=1S/C15H16N4O/c1-9-14-12(18-15(16)17-9)7-11(8-13(14)19-20)10-5-3-2-4-6-10/h2-6,11,20H,7-8H2,1H3,(H2,16,17,18). The molecule has 1 aliphatic carbocycles. The molecule has 3 N–H and O–H groups in total. The number of hydrogen-bond acceptors (Lipinski definition) is 5. The molecule has 1 aromatic heterocycles. The molecule has 1 aliphatic rings. The summed E-state index contributed by atoms with van der Waals surface area (Å²) in [6.07, 6.45) is 1.47. The molecule has 5 nitrogen and oxygen atoms in total. The predicted molar refractivity (Wildman–Crippen MR) is 77.0 cm³/mol. The molecule has 0 spiro atoms. The number of nitrogens with zero attached hydrogens (tertiary/aromatic N) is 3. The summed E-state index contributed by atoms with van der Waals surface area (Å²) < 4.78 is 0. The minimum absolute atomic E-state index is 0.253. The molecular formula is C15H16N4O. The Morgan fingerprint density at radius 1 is 1.20 bits per heavy atom. The van der Waals surface area contributed by atoms with Gasteiger partial charge in [0.05, 0.1) is 17.1 Å². The van der Waals surface area contributed by atoms with E-state index < -0.39 is 0 Å². The zero-order valence-electron chi connectivity index (χ0n) is 11.2. The van der Waals surface area contributed by atoms with Crippen LogP contribution in [0.15, 0.2) is 35.5 Å². The minimum atomic E-state index is 0.253. The van der Waals surface area contributed by atoms with Crippen LogP contribution in [0, 0.1) is 6.92 Å². The van der Waals surface area contributed by atoms with Crippen molar-refractivity contribution in [3.8, 4) is 0 Å². The van der Waals surface area contributed by atoms with Crippen LogP contribution in [0.2, 0.25) is 0 Å². The van der Waals surface area contributed by atoms with E-state index in [4.69, 9.17) is 5.73 Å². The summed E-state index contributed by atoms with van der Waals surface area (Å²) in [4.78, 5) is 8.48. The Bertz CT molecular complexity index is 667. The maximum atomic E-state index is 9.30. The number of benzene rings is 1. The number of anilines is 1. The molecule has 0 saturated carbocycles. The Balaban J connectivity index is 2.07. The molecule has 2 aromatic rings. The van der Waals surface area contributed by atoms with Gasteiger partial charge in [-0.15, -0.1) is 0 Å². The van der Waals surface area contributed by atoms with E-state index in [0.29, 0.717) is 12.1 Å². The van der Waals surface area contributed by atoms with Gasteiger partial charge < -0.3 is 10.9 Å². The number of aromatic nitrogens is 2. The summed E-state index contributed by atoms with van der Waals surface area (Å²) in [6.45, 7) is 1.87. The van der Waals surface area contributed by atoms with Gasteiger partial charge in [-0.3, -0.25) is 0 Å². The highest BCUT2D eigenvalue weighted by Crippen LogP contribution is 2.33. The van der Waals surface area contributed by atoms with E-state index in [1.807, 2.05) is 25.1 Å². The van der Waals surface area contributed by atoms with E-state index in [1.165, 1.54) is 5.56 Å². The van der Waals surface area contributed by atoms with Crippen LogP contribution in [-0.4, -0.2) is 20.9 Å². The van der Waals surface area contributed by atoms with Crippen LogP contribution >= 0.6 is 0 Å². The van der Waals surface area contributed by atoms with Crippen molar-refractivity contribution < 1.29 is 5.21 Å². The van der Waals surface area contributed by atoms with Crippen LogP contribution in [0.25, 0.3) is 0 Å². The lowest BCUT2D eigenvalue weighted by Crippen LogP contribution is -2.23. The normalized spacial score (nSPS) is 19.9. The lowest BCUT2D eigenvalue weighted by molar-refractivity contribution is 0.316. The lowest BCUT2D eigenvalue weighted by atomic mass is 9.81. The fraction of sp³-hybridized carbons (Fsp3) is 0.267. The van der Waals surface area contributed by atoms with E-state index in [9.17, 15) is 5.21 Å². The molecule has 1 aromatic carbocycles. The molecule has 0 amide bonds. The number of nitrogen functional groups attached to an aromatic ring is 1. The van der Waals surface area contributed by atoms with Crippen molar-refractivity contribution in [3.63, 3.8) is 0 Å². The van der Waals surface area contributed by atoms with Crippen molar-refractivity contribution in [2.24, 2.45) is 5.16 Å². The molecule has 20 heavy (non-hydrogen) atoms. The molecular weight excluding hydrogens is 252 g/mol. The van der Waals surface area contributed by atoms with Crippen molar-refractivity contribution in [3.05, 3.63) is 52.8 Å². The second-order valence-corrected chi connectivity index (χ2v) is 5.05. The first-order chi connectivity index (χ1) is 9.69. The highest BCUT2D eigenvalue weighted by molar-refractivity contribution is 6.03. The third-order valence-electron chi connectivity index (χ3n) is 3.74. The van der Waals surface area contributed by atoms with E-state index in [1.54, 1.807) is 0 Å². The smallest absolute Gasteiger partial charge is 0.220 e. The maximum absolute atomic E-state index is 9.30. The second-order valence-electron chi connectivity index (χ2n) is 5.05. The largest absolute Gasteiger partial charge is 0.411 e. The molecule has 0 bridgehead atoms. The number of fused-ring (bicyclic) bond motifs is 1. The molecule has 0 saturated heterocycles. The van der Waals surface area contributed by atoms with Crippen molar-refractivity contribution in [1.29, 1.82) is 0 Å². The highest BCUT2D eigenvalue weighted by atomic mass is 16.4. The molecule has 1 unspecified atom stereocenters. The molecule has 0 aliphatic heterocycles. The molecule has 1 heterocycles. The summed E-state index contributed by atoms with van der Waals surface area (Å²) in [7, 11) is 0. The zero-order valence-corrected chi connectivity index (χ0v) is 11.2. The SMILES string of the molecule is Cc1nc(N)nc2c1C(=NO)CC(c1ccccc1)C2. The Kier molecular flexibility index (Phi) is 3.10. The summed E-state index contributed by atoms with van der Waals surface area (Å²) in [5.74, 6) is 0.524. The number of hydrogen-bond donors (Lipinski definition) is 2. The maximum Gasteiger partial charge on any atom is 0.220 e. The van der Waals surface area contributed by atoms with Gasteiger partial charge in [0, 0.05) is 12.0 Å². The predicted octanol–water partition coefficient (Wildman–Crippen LogP) is 2.28. The van der Waals surface area contributed by atoms with Gasteiger partial charge in [0.25, 0.3) is 0 Å². The fourth-order valence-electron chi connectivity index (χ4n) is 2.87. The quantitative estimate of drug-likeness (QED) is 0.614. The first-order valence-corrected chi connectivity index (χ1v) is 6.58. The topological polar surface area (TPSA) is 84.4 Å². The van der Waals surface area contributed by atoms with Gasteiger partial charge in [-0.2, -0.15) is 0 Å². The van der Waals surface area contributed by atoms with Crippen LogP contribution in [-0.2, 0) is 6.42 Å². The van der Waals surface area contributed by atoms with Crippen molar-refractivity contribution in [2.75, 3.05) is 5.73 Å². The molecule has 5 heteroatoms. The Morgan fingerprint density at radius 3 is 2.65 bits per heavy atom. The summed E-state index contributed by atoms with van der Waals surface area (Å²) in [6, 6.07) is 10.2. The first kappa shape index (κ1) is 12.6. The van der Waals surface area contributed by atoms with Crippen LogP contribution in [0.4, 0.5) is 5.95 Å². The van der Waals surface area contributed by atoms with Crippen molar-refractivity contribution in [2.45, 2.75) is 25.7 Å².